The molecule has 4 nitrogen and oxygen atoms in total. The van der Waals surface area contributed by atoms with Crippen LogP contribution in [0.25, 0.3) is 0 Å². The molecule has 2 heterocycles. The third-order valence-corrected chi connectivity index (χ3v) is 8.56. The Balaban J connectivity index is 1.62. The third kappa shape index (κ3) is 3.73. The lowest BCUT2D eigenvalue weighted by Gasteiger charge is -2.48. The number of rotatable bonds is 5. The quantitative estimate of drug-likeness (QED) is 0.589. The number of amides is 1. The Hall–Kier alpha value is -2.14. The molecule has 172 valence electrons. The molecule has 0 bridgehead atoms. The van der Waals surface area contributed by atoms with E-state index in [9.17, 15) is 9.90 Å². The fourth-order valence-electron chi connectivity index (χ4n) is 6.40. The summed E-state index contributed by atoms with van der Waals surface area (Å²) in [6.45, 7) is 2.72. The van der Waals surface area contributed by atoms with Gasteiger partial charge in [0.05, 0.1) is 30.3 Å². The zero-order valence-electron chi connectivity index (χ0n) is 18.6. The standard InChI is InChI=1S/C27H28Cl2N2O2/c1-2-27-12-11-20(19-10-7-17(14-21(19)29)22-4-3-13-30-22)24(16-5-8-18(28)9-6-16)25(27)23(15-32)31-26(27)33/h3-10,14,20,23-25,32H,2,11-13,15H2,1H3,(H,31,33)/t20-,23+,24?,25-,27+/m0/s1. The lowest BCUT2D eigenvalue weighted by Crippen LogP contribution is -2.45. The number of fused-ring (bicyclic) bond motifs is 1. The maximum Gasteiger partial charge on any atom is 0.226 e. The molecule has 2 aromatic carbocycles. The summed E-state index contributed by atoms with van der Waals surface area (Å²) in [5.74, 6) is 0.191. The van der Waals surface area contributed by atoms with Crippen LogP contribution in [0.1, 0.15) is 54.7 Å². The molecule has 5 rings (SSSR count). The van der Waals surface area contributed by atoms with Crippen molar-refractivity contribution in [3.8, 4) is 0 Å². The lowest BCUT2D eigenvalue weighted by atomic mass is 9.54. The van der Waals surface area contributed by atoms with Crippen molar-refractivity contribution < 1.29 is 9.90 Å². The molecule has 2 aliphatic heterocycles. The van der Waals surface area contributed by atoms with Crippen molar-refractivity contribution in [2.75, 3.05) is 13.2 Å². The van der Waals surface area contributed by atoms with Crippen molar-refractivity contribution in [1.82, 2.24) is 5.32 Å². The molecule has 0 aromatic heterocycles. The number of allylic oxidation sites excluding steroid dienone is 1. The van der Waals surface area contributed by atoms with Gasteiger partial charge in [-0.3, -0.25) is 9.79 Å². The van der Waals surface area contributed by atoms with Gasteiger partial charge in [0.2, 0.25) is 5.91 Å². The van der Waals surface area contributed by atoms with E-state index in [-0.39, 0.29) is 36.3 Å². The molecular weight excluding hydrogens is 455 g/mol. The monoisotopic (exact) mass is 482 g/mol. The first-order valence-corrected chi connectivity index (χ1v) is 12.4. The summed E-state index contributed by atoms with van der Waals surface area (Å²) in [5, 5.41) is 14.7. The molecule has 1 unspecified atom stereocenters. The van der Waals surface area contributed by atoms with E-state index in [1.165, 1.54) is 0 Å². The van der Waals surface area contributed by atoms with E-state index < -0.39 is 5.41 Å². The van der Waals surface area contributed by atoms with Crippen LogP contribution < -0.4 is 5.32 Å². The SMILES string of the molecule is CC[C@@]12CC[C@@H](c3ccc(C4=NCC=C4)cc3Cl)C(c3ccc(Cl)cc3)[C@@H]1[C@@H](CO)NC2=O. The van der Waals surface area contributed by atoms with Crippen molar-refractivity contribution in [3.05, 3.63) is 81.4 Å². The van der Waals surface area contributed by atoms with Gasteiger partial charge in [-0.25, -0.2) is 0 Å². The average molecular weight is 483 g/mol. The smallest absolute Gasteiger partial charge is 0.226 e. The summed E-state index contributed by atoms with van der Waals surface area (Å²) in [4.78, 5) is 17.7. The van der Waals surface area contributed by atoms with E-state index in [1.54, 1.807) is 0 Å². The van der Waals surface area contributed by atoms with Gasteiger partial charge in [0.25, 0.3) is 0 Å². The van der Waals surface area contributed by atoms with Crippen LogP contribution in [0.4, 0.5) is 0 Å². The number of hydrogen-bond donors (Lipinski definition) is 2. The summed E-state index contributed by atoms with van der Waals surface area (Å²) in [6.07, 6.45) is 6.44. The number of benzene rings is 2. The van der Waals surface area contributed by atoms with Crippen LogP contribution >= 0.6 is 23.2 Å². The summed E-state index contributed by atoms with van der Waals surface area (Å²) in [6, 6.07) is 13.9. The molecule has 2 N–H and O–H groups in total. The second kappa shape index (κ2) is 8.90. The van der Waals surface area contributed by atoms with E-state index in [4.69, 9.17) is 23.2 Å². The van der Waals surface area contributed by atoms with E-state index in [0.29, 0.717) is 11.6 Å². The maximum atomic E-state index is 13.2. The number of carbonyl (C=O) groups excluding carboxylic acids is 1. The van der Waals surface area contributed by atoms with Crippen LogP contribution in [0.3, 0.4) is 0 Å². The Bertz CT molecular complexity index is 1130. The molecule has 5 atom stereocenters. The van der Waals surface area contributed by atoms with Crippen molar-refractivity contribution in [2.45, 2.75) is 44.1 Å². The third-order valence-electron chi connectivity index (χ3n) is 7.98. The van der Waals surface area contributed by atoms with Gasteiger partial charge in [-0.05, 0) is 66.5 Å². The zero-order valence-corrected chi connectivity index (χ0v) is 20.1. The predicted octanol–water partition coefficient (Wildman–Crippen LogP) is 5.52. The first kappa shape index (κ1) is 22.6. The minimum absolute atomic E-state index is 0.0270. The molecule has 6 heteroatoms. The highest BCUT2D eigenvalue weighted by Gasteiger charge is 2.60. The predicted molar refractivity (Wildman–Crippen MR) is 133 cm³/mol. The normalized spacial score (nSPS) is 30.8. The van der Waals surface area contributed by atoms with Crippen LogP contribution in [0.2, 0.25) is 10.0 Å². The Morgan fingerprint density at radius 1 is 1.18 bits per heavy atom. The number of aliphatic imine (C=N–C) groups is 1. The molecule has 1 amide bonds. The van der Waals surface area contributed by atoms with Crippen LogP contribution in [0.5, 0.6) is 0 Å². The largest absolute Gasteiger partial charge is 0.394 e. The van der Waals surface area contributed by atoms with Gasteiger partial charge in [-0.15, -0.1) is 0 Å². The summed E-state index contributed by atoms with van der Waals surface area (Å²) < 4.78 is 0. The number of nitrogens with one attached hydrogen (secondary N) is 1. The van der Waals surface area contributed by atoms with Crippen LogP contribution in [-0.2, 0) is 4.79 Å². The topological polar surface area (TPSA) is 61.7 Å². The van der Waals surface area contributed by atoms with E-state index in [0.717, 1.165) is 46.7 Å². The van der Waals surface area contributed by atoms with Gasteiger partial charge in [0.15, 0.2) is 0 Å². The highest BCUT2D eigenvalue weighted by Crippen LogP contribution is 2.60. The highest BCUT2D eigenvalue weighted by atomic mass is 35.5. The molecule has 1 saturated carbocycles. The molecule has 0 radical (unpaired) electrons. The van der Waals surface area contributed by atoms with Gasteiger partial charge < -0.3 is 10.4 Å². The number of carbonyl (C=O) groups is 1. The number of nitrogens with zero attached hydrogens (tertiary/aromatic N) is 1. The number of aliphatic hydroxyl groups excluding tert-OH is 1. The Kier molecular flexibility index (Phi) is 6.11. The fraction of sp³-hybridized carbons (Fsp3) is 0.407. The van der Waals surface area contributed by atoms with Gasteiger partial charge in [-0.1, -0.05) is 60.5 Å². The summed E-state index contributed by atoms with van der Waals surface area (Å²) >= 11 is 13.1. The highest BCUT2D eigenvalue weighted by molar-refractivity contribution is 6.32. The lowest BCUT2D eigenvalue weighted by molar-refractivity contribution is -0.131. The van der Waals surface area contributed by atoms with Crippen molar-refractivity contribution in [1.29, 1.82) is 0 Å². The minimum Gasteiger partial charge on any atom is -0.394 e. The minimum atomic E-state index is -0.482. The van der Waals surface area contributed by atoms with Gasteiger partial charge in [-0.2, -0.15) is 0 Å². The molecule has 3 aliphatic rings. The first-order valence-electron chi connectivity index (χ1n) is 11.7. The fourth-order valence-corrected chi connectivity index (χ4v) is 6.85. The van der Waals surface area contributed by atoms with Crippen molar-refractivity contribution in [2.24, 2.45) is 16.3 Å². The van der Waals surface area contributed by atoms with E-state index in [2.05, 4.69) is 41.5 Å². The zero-order chi connectivity index (χ0) is 23.2. The number of halogens is 2. The van der Waals surface area contributed by atoms with Crippen molar-refractivity contribution >= 4 is 34.8 Å². The molecule has 2 aromatic rings. The molecule has 2 fully saturated rings. The van der Waals surface area contributed by atoms with Crippen LogP contribution in [0.15, 0.2) is 59.6 Å². The Morgan fingerprint density at radius 2 is 1.97 bits per heavy atom. The van der Waals surface area contributed by atoms with Gasteiger partial charge in [0.1, 0.15) is 0 Å². The Labute approximate surface area is 204 Å². The van der Waals surface area contributed by atoms with Crippen LogP contribution in [-0.4, -0.2) is 35.9 Å². The first-order chi connectivity index (χ1) is 16.0. The molecular formula is C27H28Cl2N2O2. The summed E-state index contributed by atoms with van der Waals surface area (Å²) in [7, 11) is 0. The number of aliphatic hydroxyl groups is 1. The molecule has 33 heavy (non-hydrogen) atoms. The van der Waals surface area contributed by atoms with Gasteiger partial charge in [0, 0.05) is 21.5 Å². The van der Waals surface area contributed by atoms with Crippen molar-refractivity contribution in [3.63, 3.8) is 0 Å². The molecule has 0 spiro atoms. The average Bonchev–Trinajstić information content (AvgIpc) is 3.46. The molecule has 1 aliphatic carbocycles. The van der Waals surface area contributed by atoms with E-state index >= 15 is 0 Å². The molecule has 1 saturated heterocycles. The number of hydrogen-bond acceptors (Lipinski definition) is 3. The summed E-state index contributed by atoms with van der Waals surface area (Å²) in [5.41, 5.74) is 3.71. The second-order valence-electron chi connectivity index (χ2n) is 9.39. The van der Waals surface area contributed by atoms with Gasteiger partial charge >= 0.3 is 0 Å². The Morgan fingerprint density at radius 3 is 2.61 bits per heavy atom. The van der Waals surface area contributed by atoms with Crippen LogP contribution in [0, 0.1) is 11.3 Å². The maximum absolute atomic E-state index is 13.2. The van der Waals surface area contributed by atoms with E-state index in [1.807, 2.05) is 30.4 Å². The second-order valence-corrected chi connectivity index (χ2v) is 10.2.